The first-order chi connectivity index (χ1) is 7.22. The van der Waals surface area contributed by atoms with Crippen LogP contribution in [0, 0.1) is 0 Å². The zero-order chi connectivity index (χ0) is 11.1. The third kappa shape index (κ3) is 4.95. The number of carbonyl (C=O) groups excluding carboxylic acids is 1. The summed E-state index contributed by atoms with van der Waals surface area (Å²) in [5.74, 6) is -0.142. The van der Waals surface area contributed by atoms with Gasteiger partial charge in [-0.15, -0.1) is 11.3 Å². The summed E-state index contributed by atoms with van der Waals surface area (Å²) in [5, 5.41) is 5.15. The Morgan fingerprint density at radius 1 is 1.67 bits per heavy atom. The standard InChI is InChI=1S/C11H17NO2S/c1-3-12-9(2)7-11(13)14-8-10-5-4-6-15-10/h4-6,9,12H,3,7-8H2,1-2H3. The van der Waals surface area contributed by atoms with Crippen molar-refractivity contribution in [3.05, 3.63) is 22.4 Å². The van der Waals surface area contributed by atoms with Crippen molar-refractivity contribution in [3.63, 3.8) is 0 Å². The molecule has 0 aliphatic rings. The first-order valence-corrected chi connectivity index (χ1v) is 6.01. The van der Waals surface area contributed by atoms with E-state index in [4.69, 9.17) is 4.74 Å². The molecular formula is C11H17NO2S. The van der Waals surface area contributed by atoms with Crippen molar-refractivity contribution in [1.82, 2.24) is 5.32 Å². The molecule has 0 fully saturated rings. The lowest BCUT2D eigenvalue weighted by Crippen LogP contribution is -2.28. The Morgan fingerprint density at radius 3 is 3.07 bits per heavy atom. The van der Waals surface area contributed by atoms with Crippen molar-refractivity contribution in [2.45, 2.75) is 32.9 Å². The first kappa shape index (κ1) is 12.2. The molecule has 84 valence electrons. The molecule has 1 heterocycles. The number of rotatable bonds is 6. The lowest BCUT2D eigenvalue weighted by Gasteiger charge is -2.10. The highest BCUT2D eigenvalue weighted by molar-refractivity contribution is 7.09. The number of nitrogens with one attached hydrogen (secondary N) is 1. The minimum absolute atomic E-state index is 0.142. The third-order valence-electron chi connectivity index (χ3n) is 1.98. The minimum atomic E-state index is -0.142. The summed E-state index contributed by atoms with van der Waals surface area (Å²) >= 11 is 1.60. The van der Waals surface area contributed by atoms with Crippen molar-refractivity contribution in [1.29, 1.82) is 0 Å². The van der Waals surface area contributed by atoms with Crippen LogP contribution < -0.4 is 5.32 Å². The van der Waals surface area contributed by atoms with Gasteiger partial charge in [0.1, 0.15) is 6.61 Å². The highest BCUT2D eigenvalue weighted by atomic mass is 32.1. The number of hydrogen-bond donors (Lipinski definition) is 1. The smallest absolute Gasteiger partial charge is 0.307 e. The molecule has 1 atom stereocenters. The normalized spacial score (nSPS) is 12.4. The molecule has 0 saturated heterocycles. The van der Waals surface area contributed by atoms with E-state index < -0.39 is 0 Å². The Bertz CT molecular complexity index is 285. The number of thiophene rings is 1. The first-order valence-electron chi connectivity index (χ1n) is 5.13. The second kappa shape index (κ2) is 6.58. The van der Waals surface area contributed by atoms with Gasteiger partial charge in [-0.25, -0.2) is 0 Å². The van der Waals surface area contributed by atoms with Crippen molar-refractivity contribution in [2.75, 3.05) is 6.54 Å². The SMILES string of the molecule is CCNC(C)CC(=O)OCc1cccs1. The van der Waals surface area contributed by atoms with Crippen LogP contribution in [0.4, 0.5) is 0 Å². The lowest BCUT2D eigenvalue weighted by atomic mass is 10.2. The van der Waals surface area contributed by atoms with Crippen LogP contribution in [0.3, 0.4) is 0 Å². The van der Waals surface area contributed by atoms with E-state index in [0.717, 1.165) is 11.4 Å². The Labute approximate surface area is 94.5 Å². The molecule has 0 amide bonds. The fourth-order valence-electron chi connectivity index (χ4n) is 1.28. The van der Waals surface area contributed by atoms with E-state index in [1.165, 1.54) is 0 Å². The van der Waals surface area contributed by atoms with E-state index >= 15 is 0 Å². The molecule has 1 rings (SSSR count). The molecule has 0 bridgehead atoms. The molecule has 0 aliphatic heterocycles. The summed E-state index contributed by atoms with van der Waals surface area (Å²) in [6.07, 6.45) is 0.430. The zero-order valence-electron chi connectivity index (χ0n) is 9.16. The summed E-state index contributed by atoms with van der Waals surface area (Å²) in [4.78, 5) is 12.4. The molecule has 15 heavy (non-hydrogen) atoms. The maximum absolute atomic E-state index is 11.4. The van der Waals surface area contributed by atoms with E-state index in [9.17, 15) is 4.79 Å². The van der Waals surface area contributed by atoms with Crippen molar-refractivity contribution < 1.29 is 9.53 Å². The Morgan fingerprint density at radius 2 is 2.47 bits per heavy atom. The summed E-state index contributed by atoms with van der Waals surface area (Å²) in [7, 11) is 0. The molecule has 4 heteroatoms. The Hall–Kier alpha value is -0.870. The predicted molar refractivity (Wildman–Crippen MR) is 61.9 cm³/mol. The fourth-order valence-corrected chi connectivity index (χ4v) is 1.89. The monoisotopic (exact) mass is 227 g/mol. The van der Waals surface area contributed by atoms with Crippen LogP contribution in [0.5, 0.6) is 0 Å². The quantitative estimate of drug-likeness (QED) is 0.757. The Balaban J connectivity index is 2.19. The molecule has 1 aromatic rings. The van der Waals surface area contributed by atoms with Gasteiger partial charge in [0.05, 0.1) is 6.42 Å². The van der Waals surface area contributed by atoms with Crippen molar-refractivity contribution >= 4 is 17.3 Å². The maximum Gasteiger partial charge on any atom is 0.307 e. The molecule has 1 aromatic heterocycles. The van der Waals surface area contributed by atoms with Crippen LogP contribution >= 0.6 is 11.3 Å². The lowest BCUT2D eigenvalue weighted by molar-refractivity contribution is -0.145. The van der Waals surface area contributed by atoms with Gasteiger partial charge in [-0.05, 0) is 24.9 Å². The highest BCUT2D eigenvalue weighted by Gasteiger charge is 2.09. The van der Waals surface area contributed by atoms with E-state index in [0.29, 0.717) is 13.0 Å². The molecule has 0 aromatic carbocycles. The van der Waals surface area contributed by atoms with Gasteiger partial charge >= 0.3 is 5.97 Å². The number of esters is 1. The molecule has 3 nitrogen and oxygen atoms in total. The van der Waals surface area contributed by atoms with Gasteiger partial charge in [0, 0.05) is 10.9 Å². The second-order valence-corrected chi connectivity index (χ2v) is 4.44. The van der Waals surface area contributed by atoms with Crippen LogP contribution in [0.15, 0.2) is 17.5 Å². The average molecular weight is 227 g/mol. The molecule has 0 saturated carbocycles. The van der Waals surface area contributed by atoms with Crippen LogP contribution in [0.1, 0.15) is 25.1 Å². The molecule has 0 radical (unpaired) electrons. The van der Waals surface area contributed by atoms with E-state index in [2.05, 4.69) is 5.32 Å². The summed E-state index contributed by atoms with van der Waals surface area (Å²) in [6, 6.07) is 4.10. The zero-order valence-corrected chi connectivity index (χ0v) is 9.97. The average Bonchev–Trinajstić information content (AvgIpc) is 2.67. The van der Waals surface area contributed by atoms with Crippen molar-refractivity contribution in [2.24, 2.45) is 0 Å². The predicted octanol–water partition coefficient (Wildman–Crippen LogP) is 2.18. The second-order valence-electron chi connectivity index (χ2n) is 3.40. The van der Waals surface area contributed by atoms with Crippen LogP contribution in [-0.2, 0) is 16.1 Å². The van der Waals surface area contributed by atoms with Gasteiger partial charge in [0.25, 0.3) is 0 Å². The van der Waals surface area contributed by atoms with E-state index in [1.807, 2.05) is 31.4 Å². The van der Waals surface area contributed by atoms with Gasteiger partial charge in [0.2, 0.25) is 0 Å². The number of carbonyl (C=O) groups is 1. The summed E-state index contributed by atoms with van der Waals surface area (Å²) in [5.41, 5.74) is 0. The Kier molecular flexibility index (Phi) is 5.36. The van der Waals surface area contributed by atoms with Crippen LogP contribution in [-0.4, -0.2) is 18.6 Å². The maximum atomic E-state index is 11.4. The molecule has 1 unspecified atom stereocenters. The van der Waals surface area contributed by atoms with Gasteiger partial charge in [-0.1, -0.05) is 13.0 Å². The van der Waals surface area contributed by atoms with E-state index in [1.54, 1.807) is 11.3 Å². The highest BCUT2D eigenvalue weighted by Crippen LogP contribution is 2.10. The van der Waals surface area contributed by atoms with Crippen molar-refractivity contribution in [3.8, 4) is 0 Å². The minimum Gasteiger partial charge on any atom is -0.460 e. The molecule has 0 spiro atoms. The van der Waals surface area contributed by atoms with Gasteiger partial charge in [0.15, 0.2) is 0 Å². The molecular weight excluding hydrogens is 210 g/mol. The van der Waals surface area contributed by atoms with Crippen LogP contribution in [0.25, 0.3) is 0 Å². The topological polar surface area (TPSA) is 38.3 Å². The summed E-state index contributed by atoms with van der Waals surface area (Å²) < 4.78 is 5.13. The van der Waals surface area contributed by atoms with Gasteiger partial charge < -0.3 is 10.1 Å². The third-order valence-corrected chi connectivity index (χ3v) is 2.83. The van der Waals surface area contributed by atoms with E-state index in [-0.39, 0.29) is 12.0 Å². The molecule has 1 N–H and O–H groups in total. The van der Waals surface area contributed by atoms with Crippen LogP contribution in [0.2, 0.25) is 0 Å². The van der Waals surface area contributed by atoms with Gasteiger partial charge in [-0.3, -0.25) is 4.79 Å². The molecule has 0 aliphatic carbocycles. The summed E-state index contributed by atoms with van der Waals surface area (Å²) in [6.45, 7) is 5.28. The fraction of sp³-hybridized carbons (Fsp3) is 0.545. The van der Waals surface area contributed by atoms with Gasteiger partial charge in [-0.2, -0.15) is 0 Å². The number of ether oxygens (including phenoxy) is 1. The number of hydrogen-bond acceptors (Lipinski definition) is 4. The largest absolute Gasteiger partial charge is 0.460 e.